The van der Waals surface area contributed by atoms with Gasteiger partial charge in [-0.2, -0.15) is 0 Å². The van der Waals surface area contributed by atoms with E-state index in [2.05, 4.69) is 46.0 Å². The van der Waals surface area contributed by atoms with E-state index in [0.717, 1.165) is 0 Å². The molecule has 2 aromatic heterocycles. The molecule has 3 N–H and O–H groups in total. The van der Waals surface area contributed by atoms with Crippen molar-refractivity contribution < 1.29 is 18.6 Å². The van der Waals surface area contributed by atoms with Crippen molar-refractivity contribution in [2.45, 2.75) is 53.0 Å². The van der Waals surface area contributed by atoms with Crippen LogP contribution < -0.4 is 15.3 Å². The van der Waals surface area contributed by atoms with Gasteiger partial charge in [-0.15, -0.1) is 0 Å². The maximum absolute atomic E-state index is 13.9. The summed E-state index contributed by atoms with van der Waals surface area (Å²) >= 11 is 0. The minimum atomic E-state index is -3.45. The first-order valence-corrected chi connectivity index (χ1v) is 14.3. The van der Waals surface area contributed by atoms with Gasteiger partial charge in [0.05, 0.1) is 32.2 Å². The molecule has 0 saturated carbocycles. The second kappa shape index (κ2) is 12.5. The van der Waals surface area contributed by atoms with Gasteiger partial charge in [0.25, 0.3) is 0 Å². The summed E-state index contributed by atoms with van der Waals surface area (Å²) in [5, 5.41) is 3.14. The Morgan fingerprint density at radius 2 is 1.76 bits per heavy atom. The molecule has 10 nitrogen and oxygen atoms in total. The highest BCUT2D eigenvalue weighted by Crippen LogP contribution is 2.44. The fourth-order valence-corrected chi connectivity index (χ4v) is 5.96. The van der Waals surface area contributed by atoms with Crippen molar-refractivity contribution in [3.05, 3.63) is 77.9 Å². The molecule has 2 aromatic carbocycles. The summed E-state index contributed by atoms with van der Waals surface area (Å²) < 4.78 is 33.7. The number of nitrogens with two attached hydrogens (primary N) is 1. The highest BCUT2D eigenvalue weighted by molar-refractivity contribution is 7.57. The summed E-state index contributed by atoms with van der Waals surface area (Å²) in [4.78, 5) is 12.5. The largest absolute Gasteiger partial charge is 0.431 e. The zero-order valence-corrected chi connectivity index (χ0v) is 23.1. The van der Waals surface area contributed by atoms with E-state index in [-0.39, 0.29) is 18.5 Å². The molecule has 4 rings (SSSR count). The van der Waals surface area contributed by atoms with Crippen LogP contribution in [0.25, 0.3) is 11.2 Å². The Kier molecular flexibility index (Phi) is 9.12. The van der Waals surface area contributed by atoms with E-state index < -0.39 is 7.52 Å². The fourth-order valence-electron chi connectivity index (χ4n) is 4.12. The topological polar surface area (TPSA) is 126 Å². The number of nitrogens with zero attached hydrogens (tertiary/aromatic N) is 4. The van der Waals surface area contributed by atoms with Gasteiger partial charge in [-0.25, -0.2) is 20.0 Å². The van der Waals surface area contributed by atoms with Crippen LogP contribution in [-0.2, 0) is 27.2 Å². The molecule has 2 unspecified atom stereocenters. The van der Waals surface area contributed by atoms with E-state index >= 15 is 0 Å². The van der Waals surface area contributed by atoms with E-state index in [9.17, 15) is 4.57 Å². The highest BCUT2D eigenvalue weighted by Gasteiger charge is 2.29. The van der Waals surface area contributed by atoms with Crippen LogP contribution in [-0.4, -0.2) is 44.6 Å². The number of fused-ring (bicyclic) bond motifs is 1. The van der Waals surface area contributed by atoms with Crippen molar-refractivity contribution in [2.24, 2.45) is 0 Å². The summed E-state index contributed by atoms with van der Waals surface area (Å²) in [6.45, 7) is 9.22. The zero-order valence-electron chi connectivity index (χ0n) is 22.2. The average molecular weight is 539 g/mol. The number of nitrogen functional groups attached to an aromatic ring is 1. The van der Waals surface area contributed by atoms with Crippen LogP contribution in [0.3, 0.4) is 0 Å². The molecule has 0 aliphatic carbocycles. The predicted molar refractivity (Wildman–Crippen MR) is 148 cm³/mol. The Hall–Kier alpha value is -3.30. The van der Waals surface area contributed by atoms with E-state index in [4.69, 9.17) is 19.7 Å². The first-order chi connectivity index (χ1) is 18.2. The zero-order chi connectivity index (χ0) is 27.1. The van der Waals surface area contributed by atoms with Crippen LogP contribution in [0.2, 0.25) is 0 Å². The molecule has 0 saturated heterocycles. The third kappa shape index (κ3) is 7.17. The SMILES string of the molecule is Cc1cccc(C)c1COCC(C)NP(=O)(CO[C@H](C)Cn1cnc2c(N)ncnc21)Oc1ccccc1. The molecule has 2 heterocycles. The second-order valence-corrected chi connectivity index (χ2v) is 11.5. The van der Waals surface area contributed by atoms with Gasteiger partial charge in [-0.05, 0) is 56.5 Å². The van der Waals surface area contributed by atoms with Crippen LogP contribution >= 0.6 is 7.52 Å². The lowest BCUT2D eigenvalue weighted by Gasteiger charge is -2.26. The summed E-state index contributed by atoms with van der Waals surface area (Å²) in [6.07, 6.45) is 2.60. The van der Waals surface area contributed by atoms with E-state index in [1.165, 1.54) is 23.0 Å². The molecule has 0 fully saturated rings. The molecule has 0 spiro atoms. The summed E-state index contributed by atoms with van der Waals surface area (Å²) in [7, 11) is -3.45. The van der Waals surface area contributed by atoms with Crippen LogP contribution in [0.15, 0.2) is 61.2 Å². The van der Waals surface area contributed by atoms with Gasteiger partial charge in [0.1, 0.15) is 23.9 Å². The summed E-state index contributed by atoms with van der Waals surface area (Å²) in [6, 6.07) is 15.0. The Labute approximate surface area is 223 Å². The Bertz CT molecular complexity index is 1380. The number of hydrogen-bond donors (Lipinski definition) is 2. The maximum Gasteiger partial charge on any atom is 0.342 e. The molecule has 3 atom stereocenters. The van der Waals surface area contributed by atoms with E-state index in [1.807, 2.05) is 42.7 Å². The first kappa shape index (κ1) is 27.7. The minimum Gasteiger partial charge on any atom is -0.431 e. The van der Waals surface area contributed by atoms with Crippen LogP contribution in [0.5, 0.6) is 5.75 Å². The number of nitrogens with one attached hydrogen (secondary N) is 1. The Balaban J connectivity index is 1.38. The van der Waals surface area contributed by atoms with Gasteiger partial charge < -0.3 is 24.3 Å². The third-order valence-electron chi connectivity index (χ3n) is 6.08. The quantitative estimate of drug-likeness (QED) is 0.230. The molecule has 202 valence electrons. The third-order valence-corrected chi connectivity index (χ3v) is 7.91. The van der Waals surface area contributed by atoms with Crippen LogP contribution in [0.4, 0.5) is 5.82 Å². The normalized spacial score (nSPS) is 14.7. The van der Waals surface area contributed by atoms with Crippen molar-refractivity contribution in [2.75, 3.05) is 18.7 Å². The molecule has 0 bridgehead atoms. The molecule has 11 heteroatoms. The minimum absolute atomic E-state index is 0.131. The lowest BCUT2D eigenvalue weighted by atomic mass is 10.0. The van der Waals surface area contributed by atoms with Gasteiger partial charge in [-0.3, -0.25) is 4.57 Å². The van der Waals surface area contributed by atoms with Crippen LogP contribution in [0, 0.1) is 13.8 Å². The Morgan fingerprint density at radius 1 is 1.03 bits per heavy atom. The van der Waals surface area contributed by atoms with Crippen molar-refractivity contribution in [1.82, 2.24) is 24.6 Å². The number of imidazole rings is 1. The molecular formula is C27H35N6O4P. The van der Waals surface area contributed by atoms with Crippen molar-refractivity contribution in [3.63, 3.8) is 0 Å². The van der Waals surface area contributed by atoms with E-state index in [1.54, 1.807) is 18.5 Å². The number of ether oxygens (including phenoxy) is 2. The number of aryl methyl sites for hydroxylation is 2. The monoisotopic (exact) mass is 538 g/mol. The predicted octanol–water partition coefficient (Wildman–Crippen LogP) is 4.85. The number of benzene rings is 2. The van der Waals surface area contributed by atoms with Crippen molar-refractivity contribution in [1.29, 1.82) is 0 Å². The highest BCUT2D eigenvalue weighted by atomic mass is 31.2. The van der Waals surface area contributed by atoms with Gasteiger partial charge in [0, 0.05) is 6.04 Å². The fraction of sp³-hybridized carbons (Fsp3) is 0.370. The molecule has 4 aromatic rings. The number of rotatable bonds is 13. The maximum atomic E-state index is 13.9. The standard InChI is InChI=1S/C27H35N6O4P/c1-19-9-8-10-20(2)24(19)15-35-14-21(3)32-38(34,37-23-11-6-5-7-12-23)18-36-22(4)13-33-17-31-25-26(28)29-16-30-27(25)33/h5-12,16-17,21-22H,13-15,18H2,1-4H3,(H,32,34)(H2,28,29,30)/t21?,22-,38?/m1/s1. The summed E-state index contributed by atoms with van der Waals surface area (Å²) in [5.74, 6) is 0.817. The van der Waals surface area contributed by atoms with Gasteiger partial charge >= 0.3 is 7.52 Å². The van der Waals surface area contributed by atoms with Gasteiger partial charge in [-0.1, -0.05) is 36.4 Å². The lowest BCUT2D eigenvalue weighted by molar-refractivity contribution is 0.0799. The summed E-state index contributed by atoms with van der Waals surface area (Å²) in [5.41, 5.74) is 10.6. The van der Waals surface area contributed by atoms with Crippen LogP contribution in [0.1, 0.15) is 30.5 Å². The smallest absolute Gasteiger partial charge is 0.342 e. The number of anilines is 1. The molecule has 0 amide bonds. The molecule has 0 aliphatic heterocycles. The van der Waals surface area contributed by atoms with Crippen molar-refractivity contribution in [3.8, 4) is 5.75 Å². The Morgan fingerprint density at radius 3 is 2.50 bits per heavy atom. The average Bonchev–Trinajstić information content (AvgIpc) is 3.29. The number of para-hydroxylation sites is 1. The molecule has 38 heavy (non-hydrogen) atoms. The first-order valence-electron chi connectivity index (χ1n) is 12.5. The second-order valence-electron chi connectivity index (χ2n) is 9.43. The molecular weight excluding hydrogens is 503 g/mol. The lowest BCUT2D eigenvalue weighted by Crippen LogP contribution is -2.32. The van der Waals surface area contributed by atoms with Gasteiger partial charge in [0.15, 0.2) is 11.5 Å². The number of aromatic nitrogens is 4. The van der Waals surface area contributed by atoms with Crippen molar-refractivity contribution >= 4 is 24.5 Å². The van der Waals surface area contributed by atoms with E-state index in [0.29, 0.717) is 42.5 Å². The molecule has 0 aliphatic rings. The number of hydrogen-bond acceptors (Lipinski definition) is 8. The molecule has 0 radical (unpaired) electrons. The van der Waals surface area contributed by atoms with Gasteiger partial charge in [0.2, 0.25) is 0 Å².